The molecule has 0 saturated carbocycles. The second kappa shape index (κ2) is 10.6. The summed E-state index contributed by atoms with van der Waals surface area (Å²) in [5.74, 6) is 2.12. The van der Waals surface area contributed by atoms with Crippen LogP contribution in [0.2, 0.25) is 0 Å². The zero-order valence-electron chi connectivity index (χ0n) is 16.3. The van der Waals surface area contributed by atoms with E-state index in [-0.39, 0.29) is 18.5 Å². The average molecular weight is 387 g/mol. The molecule has 3 N–H and O–H groups in total. The molecular formula is C20H29N5O3. The minimum Gasteiger partial charge on any atom is -0.468 e. The summed E-state index contributed by atoms with van der Waals surface area (Å²) >= 11 is 0. The Kier molecular flexibility index (Phi) is 7.54. The highest BCUT2D eigenvalue weighted by Crippen LogP contribution is 2.24. The van der Waals surface area contributed by atoms with Gasteiger partial charge < -0.3 is 24.8 Å². The summed E-state index contributed by atoms with van der Waals surface area (Å²) in [5.41, 5.74) is 0. The van der Waals surface area contributed by atoms with E-state index in [9.17, 15) is 4.79 Å². The molecule has 0 radical (unpaired) electrons. The molecule has 1 aliphatic rings. The monoisotopic (exact) mass is 387 g/mol. The fourth-order valence-corrected chi connectivity index (χ4v) is 3.28. The van der Waals surface area contributed by atoms with Crippen LogP contribution in [0.15, 0.2) is 50.6 Å². The zero-order chi connectivity index (χ0) is 19.6. The van der Waals surface area contributed by atoms with E-state index in [4.69, 9.17) is 8.83 Å². The van der Waals surface area contributed by atoms with Gasteiger partial charge in [0.05, 0.1) is 25.1 Å². The lowest BCUT2D eigenvalue weighted by Crippen LogP contribution is -2.43. The number of furan rings is 2. The molecular weight excluding hydrogens is 358 g/mol. The first-order valence-corrected chi connectivity index (χ1v) is 9.85. The number of amides is 1. The molecule has 8 heteroatoms. The number of carbonyl (C=O) groups is 1. The van der Waals surface area contributed by atoms with Crippen LogP contribution < -0.4 is 16.0 Å². The highest BCUT2D eigenvalue weighted by molar-refractivity contribution is 5.84. The van der Waals surface area contributed by atoms with Crippen LogP contribution in [-0.4, -0.2) is 49.5 Å². The van der Waals surface area contributed by atoms with Gasteiger partial charge in [-0.2, -0.15) is 0 Å². The summed E-state index contributed by atoms with van der Waals surface area (Å²) in [5, 5.41) is 9.34. The first-order chi connectivity index (χ1) is 13.8. The van der Waals surface area contributed by atoms with Crippen molar-refractivity contribution >= 4 is 11.9 Å². The topological polar surface area (TPSA) is 95.0 Å². The quantitative estimate of drug-likeness (QED) is 0.449. The number of likely N-dealkylation sites (tertiary alicyclic amines) is 1. The second-order valence-corrected chi connectivity index (χ2v) is 6.71. The van der Waals surface area contributed by atoms with Crippen molar-refractivity contribution in [2.24, 2.45) is 4.99 Å². The minimum atomic E-state index is -0.157. The molecule has 2 aromatic rings. The van der Waals surface area contributed by atoms with Gasteiger partial charge in [-0.3, -0.25) is 9.69 Å². The van der Waals surface area contributed by atoms with E-state index >= 15 is 0 Å². The lowest BCUT2D eigenvalue weighted by atomic mass is 10.2. The van der Waals surface area contributed by atoms with Crippen molar-refractivity contribution in [3.05, 3.63) is 48.3 Å². The van der Waals surface area contributed by atoms with Crippen LogP contribution in [0.3, 0.4) is 0 Å². The van der Waals surface area contributed by atoms with E-state index in [1.165, 1.54) is 12.8 Å². The van der Waals surface area contributed by atoms with Gasteiger partial charge in [0.2, 0.25) is 5.91 Å². The van der Waals surface area contributed by atoms with Crippen LogP contribution in [0.4, 0.5) is 0 Å². The highest BCUT2D eigenvalue weighted by Gasteiger charge is 2.25. The van der Waals surface area contributed by atoms with Crippen LogP contribution in [0.25, 0.3) is 0 Å². The number of carbonyl (C=O) groups excluding carboxylic acids is 1. The molecule has 3 heterocycles. The molecule has 28 heavy (non-hydrogen) atoms. The molecule has 8 nitrogen and oxygen atoms in total. The summed E-state index contributed by atoms with van der Waals surface area (Å²) in [7, 11) is 0. The molecule has 1 aliphatic heterocycles. The molecule has 1 saturated heterocycles. The van der Waals surface area contributed by atoms with Crippen LogP contribution in [0.5, 0.6) is 0 Å². The van der Waals surface area contributed by atoms with Crippen molar-refractivity contribution in [3.8, 4) is 0 Å². The van der Waals surface area contributed by atoms with Crippen molar-refractivity contribution in [1.82, 2.24) is 20.9 Å². The third kappa shape index (κ3) is 5.88. The molecule has 0 aromatic carbocycles. The first-order valence-electron chi connectivity index (χ1n) is 9.85. The predicted molar refractivity (Wildman–Crippen MR) is 107 cm³/mol. The Balaban J connectivity index is 1.53. The fraction of sp³-hybridized carbons (Fsp3) is 0.500. The summed E-state index contributed by atoms with van der Waals surface area (Å²) in [6.07, 6.45) is 5.71. The number of nitrogens with zero attached hydrogens (tertiary/aromatic N) is 2. The molecule has 1 unspecified atom stereocenters. The van der Waals surface area contributed by atoms with Crippen molar-refractivity contribution < 1.29 is 13.6 Å². The Morgan fingerprint density at radius 2 is 1.93 bits per heavy atom. The van der Waals surface area contributed by atoms with Gasteiger partial charge >= 0.3 is 0 Å². The maximum Gasteiger partial charge on any atom is 0.242 e. The van der Waals surface area contributed by atoms with Gasteiger partial charge in [0.25, 0.3) is 0 Å². The van der Waals surface area contributed by atoms with Gasteiger partial charge in [0.15, 0.2) is 5.96 Å². The van der Waals surface area contributed by atoms with E-state index in [2.05, 4.69) is 25.8 Å². The smallest absolute Gasteiger partial charge is 0.242 e. The molecule has 0 aliphatic carbocycles. The van der Waals surface area contributed by atoms with Crippen LogP contribution in [0, 0.1) is 0 Å². The van der Waals surface area contributed by atoms with E-state index in [1.807, 2.05) is 25.1 Å². The van der Waals surface area contributed by atoms with E-state index in [0.717, 1.165) is 25.4 Å². The molecule has 152 valence electrons. The Morgan fingerprint density at radius 1 is 1.14 bits per heavy atom. The Hall–Kier alpha value is -2.74. The summed E-state index contributed by atoms with van der Waals surface area (Å²) < 4.78 is 10.9. The van der Waals surface area contributed by atoms with Crippen molar-refractivity contribution in [2.75, 3.05) is 32.7 Å². The standard InChI is InChI=1S/C20H29N5O3/c1-2-21-20(24-15-19(26)22-13-16-7-5-11-27-16)23-14-17(18-8-6-12-28-18)25-9-3-4-10-25/h5-8,11-12,17H,2-4,9-10,13-15H2,1H3,(H,22,26)(H2,21,23,24). The van der Waals surface area contributed by atoms with E-state index in [0.29, 0.717) is 24.8 Å². The third-order valence-electron chi connectivity index (χ3n) is 4.68. The average Bonchev–Trinajstić information content (AvgIpc) is 3.48. The number of aliphatic imine (C=N–C) groups is 1. The van der Waals surface area contributed by atoms with Gasteiger partial charge in [0, 0.05) is 13.1 Å². The van der Waals surface area contributed by atoms with Gasteiger partial charge in [-0.05, 0) is 57.1 Å². The Morgan fingerprint density at radius 3 is 2.61 bits per heavy atom. The van der Waals surface area contributed by atoms with Gasteiger partial charge in [-0.15, -0.1) is 0 Å². The number of hydrogen-bond acceptors (Lipinski definition) is 5. The van der Waals surface area contributed by atoms with E-state index < -0.39 is 0 Å². The highest BCUT2D eigenvalue weighted by atomic mass is 16.3. The molecule has 3 rings (SSSR count). The van der Waals surface area contributed by atoms with Crippen LogP contribution >= 0.6 is 0 Å². The van der Waals surface area contributed by atoms with Crippen LogP contribution in [0.1, 0.15) is 37.3 Å². The Labute approximate surface area is 165 Å². The zero-order valence-corrected chi connectivity index (χ0v) is 16.3. The lowest BCUT2D eigenvalue weighted by molar-refractivity contribution is -0.119. The van der Waals surface area contributed by atoms with Gasteiger partial charge in [-0.25, -0.2) is 4.99 Å². The maximum atomic E-state index is 12.0. The molecule has 2 aromatic heterocycles. The normalized spacial score (nSPS) is 16.1. The third-order valence-corrected chi connectivity index (χ3v) is 4.68. The number of rotatable bonds is 9. The molecule has 1 amide bonds. The van der Waals surface area contributed by atoms with Crippen molar-refractivity contribution in [2.45, 2.75) is 32.4 Å². The fourth-order valence-electron chi connectivity index (χ4n) is 3.28. The molecule has 0 bridgehead atoms. The Bertz CT molecular complexity index is 721. The lowest BCUT2D eigenvalue weighted by Gasteiger charge is -2.26. The minimum absolute atomic E-state index is 0.0468. The van der Waals surface area contributed by atoms with Crippen molar-refractivity contribution in [3.63, 3.8) is 0 Å². The summed E-state index contributed by atoms with van der Waals surface area (Å²) in [4.78, 5) is 18.9. The first kappa shape index (κ1) is 20.0. The maximum absolute atomic E-state index is 12.0. The van der Waals surface area contributed by atoms with Gasteiger partial charge in [0.1, 0.15) is 18.1 Å². The predicted octanol–water partition coefficient (Wildman–Crippen LogP) is 1.88. The molecule has 0 spiro atoms. The second-order valence-electron chi connectivity index (χ2n) is 6.71. The largest absolute Gasteiger partial charge is 0.468 e. The van der Waals surface area contributed by atoms with Crippen LogP contribution in [-0.2, 0) is 11.3 Å². The SMILES string of the molecule is CCNC(=NCC(=O)NCc1ccco1)NCC(c1ccco1)N1CCCC1. The number of nitrogens with one attached hydrogen (secondary N) is 3. The van der Waals surface area contributed by atoms with E-state index in [1.54, 1.807) is 18.6 Å². The number of hydrogen-bond donors (Lipinski definition) is 3. The van der Waals surface area contributed by atoms with Gasteiger partial charge in [-0.1, -0.05) is 0 Å². The number of guanidine groups is 1. The molecule has 1 fully saturated rings. The molecule has 1 atom stereocenters. The summed E-state index contributed by atoms with van der Waals surface area (Å²) in [6.45, 7) is 5.92. The summed E-state index contributed by atoms with van der Waals surface area (Å²) in [6, 6.07) is 7.69. The van der Waals surface area contributed by atoms with Crippen molar-refractivity contribution in [1.29, 1.82) is 0 Å².